The number of aliphatic imine (C=N–C) groups is 1. The summed E-state index contributed by atoms with van der Waals surface area (Å²) in [5, 5.41) is 3.53. The fourth-order valence-corrected chi connectivity index (χ4v) is 3.79. The van der Waals surface area contributed by atoms with Gasteiger partial charge in [-0.3, -0.25) is 9.79 Å². The van der Waals surface area contributed by atoms with Crippen LogP contribution < -0.4 is 5.32 Å². The Morgan fingerprint density at radius 1 is 1.04 bits per heavy atom. The monoisotopic (exact) mass is 392 g/mol. The molecule has 1 N–H and O–H groups in total. The first kappa shape index (κ1) is 17.8. The molecule has 0 aromatic heterocycles. The third-order valence-corrected chi connectivity index (χ3v) is 5.49. The molecule has 1 aliphatic heterocycles. The molecule has 0 radical (unpaired) electrons. The van der Waals surface area contributed by atoms with Gasteiger partial charge in [-0.1, -0.05) is 48.0 Å². The lowest BCUT2D eigenvalue weighted by Crippen LogP contribution is -2.21. The predicted molar refractivity (Wildman–Crippen MR) is 114 cm³/mol. The topological polar surface area (TPSA) is 41.5 Å². The molecule has 1 amide bonds. The summed E-state index contributed by atoms with van der Waals surface area (Å²) in [6.07, 6.45) is 2.04. The average Bonchev–Trinajstić information content (AvgIpc) is 3.02. The first-order valence-electron chi connectivity index (χ1n) is 8.54. The maximum Gasteiger partial charge on any atom is 0.238 e. The van der Waals surface area contributed by atoms with Crippen LogP contribution in [0.3, 0.4) is 0 Å². The van der Waals surface area contributed by atoms with Crippen LogP contribution in [-0.4, -0.2) is 17.9 Å². The highest BCUT2D eigenvalue weighted by molar-refractivity contribution is 7.98. The summed E-state index contributed by atoms with van der Waals surface area (Å²) < 4.78 is 0. The molecule has 1 unspecified atom stereocenters. The van der Waals surface area contributed by atoms with E-state index in [0.717, 1.165) is 28.2 Å². The van der Waals surface area contributed by atoms with Crippen molar-refractivity contribution in [1.82, 2.24) is 0 Å². The van der Waals surface area contributed by atoms with Gasteiger partial charge in [-0.2, -0.15) is 0 Å². The molecule has 134 valence electrons. The first-order valence-corrected chi connectivity index (χ1v) is 10.1. The largest absolute Gasteiger partial charge is 0.325 e. The van der Waals surface area contributed by atoms with Gasteiger partial charge in [-0.05, 0) is 53.8 Å². The number of thioether (sulfide) groups is 1. The van der Waals surface area contributed by atoms with Crippen LogP contribution in [0.5, 0.6) is 0 Å². The average molecular weight is 393 g/mol. The number of hydrogen-bond acceptors (Lipinski definition) is 3. The molecule has 1 aliphatic rings. The summed E-state index contributed by atoms with van der Waals surface area (Å²) in [6, 6.07) is 23.3. The number of amides is 1. The molecule has 4 rings (SSSR count). The van der Waals surface area contributed by atoms with E-state index in [1.807, 2.05) is 73.0 Å². The number of anilines is 1. The smallest absolute Gasteiger partial charge is 0.238 e. The number of rotatable bonds is 4. The van der Waals surface area contributed by atoms with E-state index < -0.39 is 5.92 Å². The minimum Gasteiger partial charge on any atom is -0.325 e. The lowest BCUT2D eigenvalue weighted by atomic mass is 9.90. The highest BCUT2D eigenvalue weighted by atomic mass is 35.5. The number of halogens is 1. The molecule has 0 spiro atoms. The van der Waals surface area contributed by atoms with Gasteiger partial charge in [0.05, 0.1) is 11.4 Å². The predicted octanol–water partition coefficient (Wildman–Crippen LogP) is 5.92. The van der Waals surface area contributed by atoms with Gasteiger partial charge in [0.1, 0.15) is 5.92 Å². The maximum atomic E-state index is 12.8. The molecule has 27 heavy (non-hydrogen) atoms. The van der Waals surface area contributed by atoms with E-state index >= 15 is 0 Å². The molecule has 3 aromatic rings. The number of fused-ring (bicyclic) bond motifs is 1. The molecule has 0 saturated carbocycles. The van der Waals surface area contributed by atoms with Gasteiger partial charge >= 0.3 is 0 Å². The third kappa shape index (κ3) is 3.64. The Morgan fingerprint density at radius 3 is 2.48 bits per heavy atom. The molecule has 1 atom stereocenters. The minimum atomic E-state index is -0.472. The summed E-state index contributed by atoms with van der Waals surface area (Å²) in [5.41, 5.74) is 4.12. The molecular weight excluding hydrogens is 376 g/mol. The van der Waals surface area contributed by atoms with Gasteiger partial charge in [-0.15, -0.1) is 11.8 Å². The number of hydrogen-bond donors (Lipinski definition) is 1. The van der Waals surface area contributed by atoms with Crippen LogP contribution in [0.2, 0.25) is 5.02 Å². The van der Waals surface area contributed by atoms with E-state index in [4.69, 9.17) is 16.6 Å². The van der Waals surface area contributed by atoms with Crippen molar-refractivity contribution in [2.24, 2.45) is 4.99 Å². The van der Waals surface area contributed by atoms with Gasteiger partial charge in [0, 0.05) is 15.6 Å². The standard InChI is InChI=1S/C22H17ClN2OS/c1-27-17-10-8-16(9-11-17)24-21(14-5-3-2-4-6-14)20-18-12-7-15(23)13-19(18)25-22(20)26/h2-13,20H,1H3,(H,25,26). The molecule has 1 heterocycles. The van der Waals surface area contributed by atoms with Crippen LogP contribution >= 0.6 is 23.4 Å². The van der Waals surface area contributed by atoms with E-state index in [0.29, 0.717) is 5.02 Å². The summed E-state index contributed by atoms with van der Waals surface area (Å²) in [6.45, 7) is 0. The van der Waals surface area contributed by atoms with E-state index in [1.165, 1.54) is 4.90 Å². The van der Waals surface area contributed by atoms with E-state index in [1.54, 1.807) is 17.8 Å². The van der Waals surface area contributed by atoms with Gasteiger partial charge in [-0.25, -0.2) is 0 Å². The molecule has 0 bridgehead atoms. The van der Waals surface area contributed by atoms with Gasteiger partial charge in [0.15, 0.2) is 0 Å². The highest BCUT2D eigenvalue weighted by Crippen LogP contribution is 2.37. The SMILES string of the molecule is CSc1ccc(N=C(c2ccccc2)C2C(=O)Nc3cc(Cl)ccc32)cc1. The second kappa shape index (κ2) is 7.59. The summed E-state index contributed by atoms with van der Waals surface area (Å²) in [5.74, 6) is -0.560. The lowest BCUT2D eigenvalue weighted by molar-refractivity contribution is -0.115. The quantitative estimate of drug-likeness (QED) is 0.442. The van der Waals surface area contributed by atoms with Crippen LogP contribution in [0.25, 0.3) is 0 Å². The van der Waals surface area contributed by atoms with Crippen LogP contribution in [0.15, 0.2) is 82.7 Å². The molecule has 0 aliphatic carbocycles. The fourth-order valence-electron chi connectivity index (χ4n) is 3.21. The molecule has 5 heteroatoms. The molecule has 0 fully saturated rings. The van der Waals surface area contributed by atoms with E-state index in [2.05, 4.69) is 5.32 Å². The van der Waals surface area contributed by atoms with Crippen LogP contribution in [-0.2, 0) is 4.79 Å². The highest BCUT2D eigenvalue weighted by Gasteiger charge is 2.35. The second-order valence-corrected chi connectivity index (χ2v) is 7.53. The van der Waals surface area contributed by atoms with Crippen molar-refractivity contribution in [3.05, 3.63) is 88.9 Å². The summed E-state index contributed by atoms with van der Waals surface area (Å²) in [4.78, 5) is 18.9. The lowest BCUT2D eigenvalue weighted by Gasteiger charge is -2.14. The maximum absolute atomic E-state index is 12.8. The first-order chi connectivity index (χ1) is 13.2. The fraction of sp³-hybridized carbons (Fsp3) is 0.0909. The van der Waals surface area contributed by atoms with Gasteiger partial charge in [0.25, 0.3) is 0 Å². The normalized spacial score (nSPS) is 16.1. The van der Waals surface area contributed by atoms with Crippen molar-refractivity contribution in [1.29, 1.82) is 0 Å². The molecule has 3 nitrogen and oxygen atoms in total. The van der Waals surface area contributed by atoms with Crippen LogP contribution in [0.4, 0.5) is 11.4 Å². The number of carbonyl (C=O) groups is 1. The zero-order valence-corrected chi connectivity index (χ0v) is 16.2. The van der Waals surface area contributed by atoms with Crippen molar-refractivity contribution >= 4 is 46.4 Å². The zero-order chi connectivity index (χ0) is 18.8. The Morgan fingerprint density at radius 2 is 1.78 bits per heavy atom. The Kier molecular flexibility index (Phi) is 5.01. The van der Waals surface area contributed by atoms with E-state index in [9.17, 15) is 4.79 Å². The van der Waals surface area contributed by atoms with Crippen molar-refractivity contribution in [2.75, 3.05) is 11.6 Å². The number of carbonyl (C=O) groups excluding carboxylic acids is 1. The van der Waals surface area contributed by atoms with Crippen molar-refractivity contribution in [3.8, 4) is 0 Å². The van der Waals surface area contributed by atoms with Crippen LogP contribution in [0, 0.1) is 0 Å². The zero-order valence-electron chi connectivity index (χ0n) is 14.6. The minimum absolute atomic E-state index is 0.0874. The molecule has 0 saturated heterocycles. The van der Waals surface area contributed by atoms with Crippen molar-refractivity contribution in [2.45, 2.75) is 10.8 Å². The third-order valence-electron chi connectivity index (χ3n) is 4.51. The number of benzene rings is 3. The van der Waals surface area contributed by atoms with Gasteiger partial charge in [0.2, 0.25) is 5.91 Å². The summed E-state index contributed by atoms with van der Waals surface area (Å²) in [7, 11) is 0. The van der Waals surface area contributed by atoms with Crippen LogP contribution in [0.1, 0.15) is 17.0 Å². The molecule has 3 aromatic carbocycles. The Balaban J connectivity index is 1.84. The second-order valence-electron chi connectivity index (χ2n) is 6.21. The van der Waals surface area contributed by atoms with Crippen molar-refractivity contribution in [3.63, 3.8) is 0 Å². The molecular formula is C22H17ClN2OS. The van der Waals surface area contributed by atoms with Crippen molar-refractivity contribution < 1.29 is 4.79 Å². The number of nitrogens with one attached hydrogen (secondary N) is 1. The summed E-state index contributed by atoms with van der Waals surface area (Å²) >= 11 is 7.78. The van der Waals surface area contributed by atoms with Gasteiger partial charge < -0.3 is 5.32 Å². The Labute approximate surface area is 167 Å². The van der Waals surface area contributed by atoms with E-state index in [-0.39, 0.29) is 5.91 Å². The Bertz CT molecular complexity index is 1020. The number of nitrogens with zero attached hydrogens (tertiary/aromatic N) is 1. The Hall–Kier alpha value is -2.56.